The van der Waals surface area contributed by atoms with Crippen LogP contribution < -0.4 is 15.8 Å². The van der Waals surface area contributed by atoms with Crippen LogP contribution in [0.4, 0.5) is 5.69 Å². The first kappa shape index (κ1) is 22.9. The van der Waals surface area contributed by atoms with Crippen molar-refractivity contribution in [3.63, 3.8) is 0 Å². The second kappa shape index (κ2) is 7.97. The molecule has 2 atom stereocenters. The molecule has 0 saturated heterocycles. The molecule has 0 spiro atoms. The van der Waals surface area contributed by atoms with Crippen molar-refractivity contribution in [2.75, 3.05) is 11.2 Å². The Morgan fingerprint density at radius 3 is 2.56 bits per heavy atom. The molecule has 2 aromatic heterocycles. The second-order valence-electron chi connectivity index (χ2n) is 9.45. The van der Waals surface area contributed by atoms with Gasteiger partial charge in [-0.3, -0.25) is 9.48 Å². The zero-order valence-electron chi connectivity index (χ0n) is 19.9. The van der Waals surface area contributed by atoms with Gasteiger partial charge in [0.25, 0.3) is 5.56 Å². The number of fused-ring (bicyclic) bond motifs is 2. The van der Waals surface area contributed by atoms with Crippen molar-refractivity contribution in [3.05, 3.63) is 104 Å². The highest BCUT2D eigenvalue weighted by Crippen LogP contribution is 2.47. The molecule has 0 saturated carbocycles. The van der Waals surface area contributed by atoms with E-state index in [9.17, 15) is 13.2 Å². The number of anilines is 1. The zero-order valence-corrected chi connectivity index (χ0v) is 21.5. The topological polar surface area (TPSA) is 89.2 Å². The number of aromatic nitrogens is 3. The lowest BCUT2D eigenvalue weighted by molar-refractivity contribution is 0.510. The number of nitrogens with zero attached hydrogens (tertiary/aromatic N) is 4. The normalized spacial score (nSPS) is 20.8. The van der Waals surface area contributed by atoms with Gasteiger partial charge in [0.2, 0.25) is 0 Å². The number of aryl methyl sites for hydroxylation is 2. The van der Waals surface area contributed by atoms with E-state index in [0.29, 0.717) is 28.3 Å². The molecule has 3 aromatic rings. The summed E-state index contributed by atoms with van der Waals surface area (Å²) in [5, 5.41) is 8.58. The second-order valence-corrected chi connectivity index (χ2v) is 11.9. The summed E-state index contributed by atoms with van der Waals surface area (Å²) in [6.07, 6.45) is 10.9. The first-order chi connectivity index (χ1) is 17.1. The summed E-state index contributed by atoms with van der Waals surface area (Å²) < 4.78 is 29.2. The predicted octanol–water partition coefficient (Wildman–Crippen LogP) is 3.39. The lowest BCUT2D eigenvalue weighted by Gasteiger charge is -2.37. The third-order valence-corrected chi connectivity index (χ3v) is 8.42. The fraction of sp³-hybridized carbons (Fsp3) is 0.231. The van der Waals surface area contributed by atoms with Crippen LogP contribution in [-0.4, -0.2) is 35.1 Å². The molecule has 1 aliphatic carbocycles. The smallest absolute Gasteiger partial charge is 0.260 e. The highest BCUT2D eigenvalue weighted by atomic mass is 35.5. The standard InChI is InChI=1S/C26H24ClN5O3S/c1-30-9-8-19-22(36(3,34)35)10-15-14-32(18-6-4-17(27)5-7-18)21-11-20(16-12-28-31(2)13-16)29-25(23(15)21)24(19)26(30)33/h4-10,12-14,20-21,29H,11H2,1-3H3. The van der Waals surface area contributed by atoms with Crippen LogP contribution in [0, 0.1) is 0 Å². The summed E-state index contributed by atoms with van der Waals surface area (Å²) in [5.74, 6) is 0. The minimum Gasteiger partial charge on any atom is -0.377 e. The van der Waals surface area contributed by atoms with Gasteiger partial charge in [-0.2, -0.15) is 5.10 Å². The van der Waals surface area contributed by atoms with Crippen molar-refractivity contribution in [2.24, 2.45) is 14.1 Å². The first-order valence-corrected chi connectivity index (χ1v) is 13.8. The average Bonchev–Trinajstić information content (AvgIpc) is 3.38. The molecule has 36 heavy (non-hydrogen) atoms. The maximum absolute atomic E-state index is 13.6. The van der Waals surface area contributed by atoms with Gasteiger partial charge in [0.15, 0.2) is 9.84 Å². The van der Waals surface area contributed by atoms with Crippen molar-refractivity contribution in [2.45, 2.75) is 18.5 Å². The van der Waals surface area contributed by atoms with Crippen molar-refractivity contribution >= 4 is 37.7 Å². The van der Waals surface area contributed by atoms with Crippen LogP contribution in [-0.2, 0) is 23.9 Å². The van der Waals surface area contributed by atoms with E-state index in [1.807, 2.05) is 49.9 Å². The number of benzene rings is 1. The van der Waals surface area contributed by atoms with Gasteiger partial charge in [0, 0.05) is 66.4 Å². The van der Waals surface area contributed by atoms with Gasteiger partial charge in [0.05, 0.1) is 34.4 Å². The summed E-state index contributed by atoms with van der Waals surface area (Å²) in [5.41, 5.74) is 4.78. The van der Waals surface area contributed by atoms with Crippen LogP contribution in [0.25, 0.3) is 10.6 Å². The van der Waals surface area contributed by atoms with Gasteiger partial charge in [-0.15, -0.1) is 0 Å². The van der Waals surface area contributed by atoms with E-state index < -0.39 is 9.84 Å². The maximum atomic E-state index is 13.6. The molecule has 10 heteroatoms. The van der Waals surface area contributed by atoms with Gasteiger partial charge >= 0.3 is 0 Å². The van der Waals surface area contributed by atoms with Gasteiger partial charge in [-0.25, -0.2) is 8.42 Å². The van der Waals surface area contributed by atoms with Gasteiger partial charge in [-0.1, -0.05) is 11.6 Å². The highest BCUT2D eigenvalue weighted by Gasteiger charge is 2.42. The summed E-state index contributed by atoms with van der Waals surface area (Å²) in [4.78, 5) is 15.8. The molecule has 0 fully saturated rings. The number of sulfone groups is 1. The summed E-state index contributed by atoms with van der Waals surface area (Å²) >= 11 is 6.15. The third kappa shape index (κ3) is 3.53. The fourth-order valence-corrected chi connectivity index (χ4v) is 6.38. The number of allylic oxidation sites excluding steroid dienone is 1. The van der Waals surface area contributed by atoms with E-state index in [4.69, 9.17) is 11.6 Å². The van der Waals surface area contributed by atoms with Crippen molar-refractivity contribution in [1.29, 1.82) is 0 Å². The number of halogens is 1. The molecular formula is C26H24ClN5O3S. The van der Waals surface area contributed by atoms with Crippen molar-refractivity contribution in [3.8, 4) is 0 Å². The lowest BCUT2D eigenvalue weighted by atomic mass is 9.86. The fourth-order valence-electron chi connectivity index (χ4n) is 5.35. The maximum Gasteiger partial charge on any atom is 0.260 e. The molecule has 6 rings (SSSR count). The van der Waals surface area contributed by atoms with Crippen molar-refractivity contribution in [1.82, 2.24) is 19.7 Å². The molecule has 2 unspecified atom stereocenters. The molecule has 0 bridgehead atoms. The number of pyridine rings is 1. The molecule has 184 valence electrons. The average molecular weight is 522 g/mol. The monoisotopic (exact) mass is 521 g/mol. The lowest BCUT2D eigenvalue weighted by Crippen LogP contribution is -2.40. The third-order valence-electron chi connectivity index (χ3n) is 7.03. The molecule has 1 N–H and O–H groups in total. The zero-order chi connectivity index (χ0) is 25.4. The van der Waals surface area contributed by atoms with Crippen LogP contribution in [0.2, 0.25) is 5.02 Å². The van der Waals surface area contributed by atoms with E-state index in [0.717, 1.165) is 22.4 Å². The molecule has 0 amide bonds. The number of hydrogen-bond acceptors (Lipinski definition) is 6. The Morgan fingerprint density at radius 1 is 1.14 bits per heavy atom. The molecule has 4 heterocycles. The van der Waals surface area contributed by atoms with E-state index in [1.165, 1.54) is 10.8 Å². The predicted molar refractivity (Wildman–Crippen MR) is 141 cm³/mol. The van der Waals surface area contributed by atoms with Crippen LogP contribution in [0.15, 0.2) is 77.1 Å². The van der Waals surface area contributed by atoms with E-state index in [2.05, 4.69) is 15.3 Å². The molecule has 3 aliphatic rings. The molecule has 8 nitrogen and oxygen atoms in total. The Kier molecular flexibility index (Phi) is 5.07. The molecule has 0 radical (unpaired) electrons. The Balaban J connectivity index is 1.64. The Hall–Kier alpha value is -3.56. The van der Waals surface area contributed by atoms with E-state index >= 15 is 0 Å². The number of nitrogens with one attached hydrogen (secondary N) is 1. The van der Waals surface area contributed by atoms with Crippen molar-refractivity contribution < 1.29 is 8.42 Å². The summed E-state index contributed by atoms with van der Waals surface area (Å²) in [6, 6.07) is 9.00. The van der Waals surface area contributed by atoms with Crippen LogP contribution in [0.5, 0.6) is 0 Å². The molecule has 1 aromatic carbocycles. The summed E-state index contributed by atoms with van der Waals surface area (Å²) in [6.45, 7) is 0. The van der Waals surface area contributed by atoms with E-state index in [-0.39, 0.29) is 22.5 Å². The minimum atomic E-state index is -3.64. The first-order valence-electron chi connectivity index (χ1n) is 11.5. The highest BCUT2D eigenvalue weighted by molar-refractivity contribution is 8.00. The Morgan fingerprint density at radius 2 is 1.89 bits per heavy atom. The van der Waals surface area contributed by atoms with E-state index in [1.54, 1.807) is 30.1 Å². The van der Waals surface area contributed by atoms with Gasteiger partial charge < -0.3 is 14.8 Å². The van der Waals surface area contributed by atoms with Gasteiger partial charge in [-0.05, 0) is 48.4 Å². The molecular weight excluding hydrogens is 498 g/mol. The number of hydrogen-bond donors (Lipinski definition) is 1. The number of rotatable bonds is 3. The Bertz CT molecular complexity index is 1680. The van der Waals surface area contributed by atoms with Crippen LogP contribution in [0.3, 0.4) is 0 Å². The minimum absolute atomic E-state index is 0.129. The largest absolute Gasteiger partial charge is 0.377 e. The van der Waals surface area contributed by atoms with Crippen LogP contribution in [0.1, 0.15) is 29.2 Å². The quantitative estimate of drug-likeness (QED) is 0.568. The SMILES string of the molecule is Cn1cc(C2CC3C4=C(N2)c2c(ccn(C)c2=O)C(S(C)(=O)=O)=CC4=CN3c2ccc(Cl)cc2)cn1. The summed E-state index contributed by atoms with van der Waals surface area (Å²) in [7, 11) is -0.101. The molecule has 2 aliphatic heterocycles. The van der Waals surface area contributed by atoms with Crippen LogP contribution >= 0.6 is 11.6 Å². The Labute approximate surface area is 213 Å². The van der Waals surface area contributed by atoms with Gasteiger partial charge in [0.1, 0.15) is 0 Å².